The van der Waals surface area contributed by atoms with E-state index in [4.69, 9.17) is 4.74 Å². The highest BCUT2D eigenvalue weighted by Crippen LogP contribution is 2.40. The molecule has 0 aliphatic carbocycles. The van der Waals surface area contributed by atoms with Gasteiger partial charge in [0.25, 0.3) is 0 Å². The van der Waals surface area contributed by atoms with Gasteiger partial charge >= 0.3 is 0 Å². The predicted molar refractivity (Wildman–Crippen MR) is 142 cm³/mol. The zero-order chi connectivity index (χ0) is 24.8. The van der Waals surface area contributed by atoms with Crippen LogP contribution in [0.4, 0.5) is 17.2 Å². The third-order valence-corrected chi connectivity index (χ3v) is 6.82. The van der Waals surface area contributed by atoms with Crippen LogP contribution in [0.15, 0.2) is 54.7 Å². The molecule has 0 bridgehead atoms. The minimum atomic E-state index is -0.319. The Labute approximate surface area is 202 Å². The lowest BCUT2D eigenvalue weighted by Crippen LogP contribution is -2.19. The summed E-state index contributed by atoms with van der Waals surface area (Å²) in [6.45, 7) is 9.91. The maximum Gasteiger partial charge on any atom is 0.228 e. The van der Waals surface area contributed by atoms with E-state index in [0.29, 0.717) is 29.2 Å². The van der Waals surface area contributed by atoms with Gasteiger partial charge in [-0.25, -0.2) is 4.98 Å². The van der Waals surface area contributed by atoms with Gasteiger partial charge in [-0.15, -0.1) is 0 Å². The van der Waals surface area contributed by atoms with Gasteiger partial charge in [0.15, 0.2) is 5.78 Å². The van der Waals surface area contributed by atoms with Gasteiger partial charge in [0.2, 0.25) is 5.91 Å². The third-order valence-electron chi connectivity index (χ3n) is 5.47. The number of hydrogen-bond donors (Lipinski definition) is 2. The quantitative estimate of drug-likeness (QED) is 0.289. The van der Waals surface area contributed by atoms with E-state index < -0.39 is 0 Å². The normalized spacial score (nSPS) is 10.9. The van der Waals surface area contributed by atoms with Gasteiger partial charge in [-0.3, -0.25) is 9.59 Å². The number of benzene rings is 2. The minimum absolute atomic E-state index is 0.0418. The van der Waals surface area contributed by atoms with Crippen molar-refractivity contribution in [2.75, 3.05) is 31.1 Å². The number of methoxy groups -OCH3 is 1. The Morgan fingerprint density at radius 2 is 1.74 bits per heavy atom. The molecule has 0 fully saturated rings. The number of carbonyl (C=O) groups excluding carboxylic acids is 2. The maximum absolute atomic E-state index is 12.6. The zero-order valence-electron chi connectivity index (χ0n) is 20.6. The molecule has 0 radical (unpaired) electrons. The number of ketones is 1. The number of Topliss-reactive ketones (excluding diaryl/α,β-unsaturated/α-hetero) is 1. The van der Waals surface area contributed by atoms with Gasteiger partial charge in [0.1, 0.15) is 11.6 Å². The second kappa shape index (κ2) is 11.3. The first-order valence-corrected chi connectivity index (χ1v) is 13.5. The number of amides is 1. The number of ether oxygens (including phenoxy) is 1. The summed E-state index contributed by atoms with van der Waals surface area (Å²) in [5.41, 5.74) is 3.86. The van der Waals surface area contributed by atoms with E-state index in [1.165, 1.54) is 11.5 Å². The van der Waals surface area contributed by atoms with Crippen molar-refractivity contribution in [2.45, 2.75) is 27.2 Å². The van der Waals surface area contributed by atoms with Crippen LogP contribution in [0.25, 0.3) is 11.1 Å². The van der Waals surface area contributed by atoms with E-state index in [2.05, 4.69) is 47.1 Å². The van der Waals surface area contributed by atoms with Gasteiger partial charge in [0, 0.05) is 30.2 Å². The highest BCUT2D eigenvalue weighted by molar-refractivity contribution is 7.64. The van der Waals surface area contributed by atoms with Crippen molar-refractivity contribution in [2.24, 2.45) is 5.92 Å². The number of para-hydroxylation sites is 1. The fourth-order valence-corrected chi connectivity index (χ4v) is 4.68. The van der Waals surface area contributed by atoms with E-state index in [-0.39, 0.29) is 25.5 Å². The van der Waals surface area contributed by atoms with Crippen LogP contribution in [-0.4, -0.2) is 37.1 Å². The summed E-state index contributed by atoms with van der Waals surface area (Å²) in [6.07, 6.45) is 1.85. The lowest BCUT2D eigenvalue weighted by molar-refractivity contribution is -0.118. The molecule has 7 heteroatoms. The number of rotatable bonds is 9. The average Bonchev–Trinajstić information content (AvgIpc) is 2.83. The largest absolute Gasteiger partial charge is 0.494 e. The highest BCUT2D eigenvalue weighted by Gasteiger charge is 2.18. The Balaban J connectivity index is 2.09. The first kappa shape index (κ1) is 25.4. The molecule has 3 aromatic rings. The number of nitrogens with one attached hydrogen (secondary N) is 2. The molecule has 0 saturated heterocycles. The molecule has 1 heterocycles. The second-order valence-electron chi connectivity index (χ2n) is 8.46. The van der Waals surface area contributed by atoms with Crippen molar-refractivity contribution >= 4 is 42.1 Å². The Bertz CT molecular complexity index is 1190. The Morgan fingerprint density at radius 3 is 2.38 bits per heavy atom. The molecule has 0 aliphatic heterocycles. The predicted octanol–water partition coefficient (Wildman–Crippen LogP) is 6.05. The number of hydrogen-bond acceptors (Lipinski definition) is 5. The van der Waals surface area contributed by atoms with E-state index >= 15 is 0 Å². The molecule has 0 spiro atoms. The molecule has 0 atom stereocenters. The van der Waals surface area contributed by atoms with Gasteiger partial charge < -0.3 is 15.4 Å². The van der Waals surface area contributed by atoms with Crippen LogP contribution in [0.3, 0.4) is 0 Å². The minimum Gasteiger partial charge on any atom is -0.494 e. The van der Waals surface area contributed by atoms with Crippen LogP contribution in [-0.2, 0) is 4.79 Å². The first-order valence-electron chi connectivity index (χ1n) is 11.3. The fraction of sp³-hybridized carbons (Fsp3) is 0.296. The summed E-state index contributed by atoms with van der Waals surface area (Å²) in [4.78, 5) is 29.1. The number of carbonyl (C=O) groups is 2. The van der Waals surface area contributed by atoms with Crippen molar-refractivity contribution in [1.29, 1.82) is 0 Å². The first-order chi connectivity index (χ1) is 16.3. The Hall–Kier alpha value is -3.24. The Morgan fingerprint density at radius 1 is 1.03 bits per heavy atom. The van der Waals surface area contributed by atoms with Crippen LogP contribution in [0.1, 0.15) is 37.6 Å². The molecule has 34 heavy (non-hydrogen) atoms. The van der Waals surface area contributed by atoms with Gasteiger partial charge in [-0.1, -0.05) is 65.1 Å². The molecule has 6 nitrogen and oxygen atoms in total. The fourth-order valence-electron chi connectivity index (χ4n) is 3.61. The monoisotopic (exact) mass is 477 g/mol. The van der Waals surface area contributed by atoms with Crippen LogP contribution in [0.2, 0.25) is 0 Å². The van der Waals surface area contributed by atoms with Crippen LogP contribution < -0.4 is 20.7 Å². The zero-order valence-corrected chi connectivity index (χ0v) is 21.5. The summed E-state index contributed by atoms with van der Waals surface area (Å²) in [5, 5.41) is 7.47. The second-order valence-corrected chi connectivity index (χ2v) is 10.7. The average molecular weight is 478 g/mol. The summed E-state index contributed by atoms with van der Waals surface area (Å²) in [5.74, 6) is 0.706. The summed E-state index contributed by atoms with van der Waals surface area (Å²) < 4.78 is 5.87. The van der Waals surface area contributed by atoms with E-state index in [0.717, 1.165) is 16.8 Å². The molecule has 1 aromatic heterocycles. The molecule has 1 amide bonds. The van der Waals surface area contributed by atoms with Crippen molar-refractivity contribution in [3.63, 3.8) is 0 Å². The van der Waals surface area contributed by atoms with Gasteiger partial charge in [-0.05, 0) is 30.3 Å². The van der Waals surface area contributed by atoms with Crippen molar-refractivity contribution < 1.29 is 14.3 Å². The van der Waals surface area contributed by atoms with E-state index in [1.807, 2.05) is 45.0 Å². The van der Waals surface area contributed by atoms with Crippen molar-refractivity contribution in [3.8, 4) is 16.9 Å². The summed E-state index contributed by atoms with van der Waals surface area (Å²) >= 11 is 0. The maximum atomic E-state index is 12.6. The van der Waals surface area contributed by atoms with Crippen LogP contribution in [0, 0.1) is 5.92 Å². The van der Waals surface area contributed by atoms with Crippen LogP contribution >= 0.6 is 7.92 Å². The Kier molecular flexibility index (Phi) is 8.41. The summed E-state index contributed by atoms with van der Waals surface area (Å²) in [7, 11) is 1.33. The van der Waals surface area contributed by atoms with E-state index in [1.54, 1.807) is 13.2 Å². The molecular weight excluding hydrogens is 445 g/mol. The lowest BCUT2D eigenvalue weighted by atomic mass is 10.0. The smallest absolute Gasteiger partial charge is 0.228 e. The molecule has 3 rings (SSSR count). The molecule has 2 N–H and O–H groups in total. The number of anilines is 3. The molecule has 0 aliphatic rings. The molecule has 0 saturated carbocycles. The lowest BCUT2D eigenvalue weighted by Gasteiger charge is -2.20. The van der Waals surface area contributed by atoms with Crippen molar-refractivity contribution in [1.82, 2.24) is 4.98 Å². The molecule has 0 unspecified atom stereocenters. The third kappa shape index (κ3) is 5.63. The SMILES string of the molecule is CCC(=O)c1cnc(NC(=O)C(C)C)cc1Nc1cccc(-c2ccccc2P(C)C)c1OC. The molecule has 178 valence electrons. The summed E-state index contributed by atoms with van der Waals surface area (Å²) in [6, 6.07) is 16.0. The number of pyridine rings is 1. The molecule has 2 aromatic carbocycles. The topological polar surface area (TPSA) is 80.3 Å². The number of aromatic nitrogens is 1. The van der Waals surface area contributed by atoms with Crippen molar-refractivity contribution in [3.05, 3.63) is 60.3 Å². The van der Waals surface area contributed by atoms with Gasteiger partial charge in [0.05, 0.1) is 24.0 Å². The molecular formula is C27H32N3O3P. The van der Waals surface area contributed by atoms with Crippen LogP contribution in [0.5, 0.6) is 5.75 Å². The highest BCUT2D eigenvalue weighted by atomic mass is 31.1. The number of nitrogens with zero attached hydrogens (tertiary/aromatic N) is 1. The van der Waals surface area contributed by atoms with Gasteiger partial charge in [-0.2, -0.15) is 0 Å². The standard InChI is InChI=1S/C27H32N3O3P/c1-7-23(31)20-16-28-25(30-27(32)17(2)3)15-22(20)29-21-13-10-12-19(26(21)33-4)18-11-8-9-14-24(18)34(5)6/h8-17H,7H2,1-6H3,(H2,28,29,30,32). The van der Waals surface area contributed by atoms with E-state index in [9.17, 15) is 9.59 Å².